The Morgan fingerprint density at radius 3 is 2.39 bits per heavy atom. The highest BCUT2D eigenvalue weighted by atomic mass is 32.2. The number of benzene rings is 1. The van der Waals surface area contributed by atoms with Crippen LogP contribution in [-0.2, 0) is 10.5 Å². The fraction of sp³-hybridized carbons (Fsp3) is 0.533. The van der Waals surface area contributed by atoms with Crippen LogP contribution in [0.5, 0.6) is 0 Å². The minimum absolute atomic E-state index is 0.322. The van der Waals surface area contributed by atoms with Crippen molar-refractivity contribution in [1.82, 2.24) is 0 Å². The Morgan fingerprint density at radius 2 is 1.67 bits per heavy atom. The third-order valence-corrected chi connectivity index (χ3v) is 3.91. The molecule has 0 heterocycles. The van der Waals surface area contributed by atoms with Gasteiger partial charge in [-0.1, -0.05) is 49.6 Å². The largest absolute Gasteiger partial charge is 0.481 e. The Hall–Kier alpha value is -0.960. The number of hydrogen-bond donors (Lipinski definition) is 1. The third-order valence-electron chi connectivity index (χ3n) is 2.79. The van der Waals surface area contributed by atoms with E-state index in [4.69, 9.17) is 5.11 Å². The zero-order valence-electron chi connectivity index (χ0n) is 10.8. The number of unbranched alkanes of at least 4 members (excludes halogenated alkanes) is 4. The highest BCUT2D eigenvalue weighted by molar-refractivity contribution is 7.98. The van der Waals surface area contributed by atoms with E-state index in [2.05, 4.69) is 24.3 Å². The zero-order valence-corrected chi connectivity index (χ0v) is 11.6. The van der Waals surface area contributed by atoms with E-state index in [0.29, 0.717) is 6.42 Å². The molecule has 1 aromatic rings. The van der Waals surface area contributed by atoms with Crippen LogP contribution in [0.3, 0.4) is 0 Å². The summed E-state index contributed by atoms with van der Waals surface area (Å²) in [6, 6.07) is 10.5. The van der Waals surface area contributed by atoms with Gasteiger partial charge >= 0.3 is 5.97 Å². The topological polar surface area (TPSA) is 37.3 Å². The molecule has 0 saturated carbocycles. The van der Waals surface area contributed by atoms with Crippen LogP contribution >= 0.6 is 11.8 Å². The summed E-state index contributed by atoms with van der Waals surface area (Å²) in [5.41, 5.74) is 1.39. The van der Waals surface area contributed by atoms with E-state index < -0.39 is 5.97 Å². The van der Waals surface area contributed by atoms with E-state index in [1.165, 1.54) is 30.6 Å². The van der Waals surface area contributed by atoms with Gasteiger partial charge in [0.25, 0.3) is 0 Å². The summed E-state index contributed by atoms with van der Waals surface area (Å²) in [5, 5.41) is 8.49. The molecule has 0 aliphatic carbocycles. The van der Waals surface area contributed by atoms with Gasteiger partial charge in [0.15, 0.2) is 0 Å². The second-order valence-electron chi connectivity index (χ2n) is 4.45. The lowest BCUT2D eigenvalue weighted by molar-refractivity contribution is -0.137. The molecule has 1 aromatic carbocycles. The van der Waals surface area contributed by atoms with E-state index in [9.17, 15) is 4.79 Å². The quantitative estimate of drug-likeness (QED) is 0.640. The molecule has 18 heavy (non-hydrogen) atoms. The molecule has 100 valence electrons. The van der Waals surface area contributed by atoms with Crippen molar-refractivity contribution < 1.29 is 9.90 Å². The van der Waals surface area contributed by atoms with Crippen LogP contribution in [0.1, 0.15) is 44.1 Å². The Labute approximate surface area is 114 Å². The summed E-state index contributed by atoms with van der Waals surface area (Å²) in [7, 11) is 0. The van der Waals surface area contributed by atoms with E-state index in [1.54, 1.807) is 0 Å². The van der Waals surface area contributed by atoms with Crippen LogP contribution in [0.15, 0.2) is 30.3 Å². The predicted molar refractivity (Wildman–Crippen MR) is 77.9 cm³/mol. The molecule has 0 atom stereocenters. The van der Waals surface area contributed by atoms with Crippen molar-refractivity contribution in [3.8, 4) is 0 Å². The van der Waals surface area contributed by atoms with Crippen LogP contribution in [0.25, 0.3) is 0 Å². The first-order valence-corrected chi connectivity index (χ1v) is 7.78. The summed E-state index contributed by atoms with van der Waals surface area (Å²) in [4.78, 5) is 10.3. The molecule has 0 aliphatic heterocycles. The number of aliphatic carboxylic acids is 1. The van der Waals surface area contributed by atoms with E-state index >= 15 is 0 Å². The van der Waals surface area contributed by atoms with E-state index in [0.717, 1.165) is 18.6 Å². The molecule has 0 aliphatic rings. The van der Waals surface area contributed by atoms with Crippen molar-refractivity contribution in [2.75, 3.05) is 5.75 Å². The molecule has 0 amide bonds. The van der Waals surface area contributed by atoms with Gasteiger partial charge in [-0.25, -0.2) is 0 Å². The Bertz CT molecular complexity index is 325. The van der Waals surface area contributed by atoms with Crippen LogP contribution in [0, 0.1) is 0 Å². The molecule has 0 fully saturated rings. The molecule has 0 bridgehead atoms. The van der Waals surface area contributed by atoms with Crippen molar-refractivity contribution in [3.63, 3.8) is 0 Å². The maximum atomic E-state index is 10.3. The monoisotopic (exact) mass is 266 g/mol. The number of carbonyl (C=O) groups is 1. The van der Waals surface area contributed by atoms with Crippen LogP contribution in [0.4, 0.5) is 0 Å². The maximum Gasteiger partial charge on any atom is 0.303 e. The van der Waals surface area contributed by atoms with Gasteiger partial charge in [0.05, 0.1) is 0 Å². The van der Waals surface area contributed by atoms with Crippen molar-refractivity contribution in [3.05, 3.63) is 35.9 Å². The van der Waals surface area contributed by atoms with Crippen molar-refractivity contribution >= 4 is 17.7 Å². The summed E-state index contributed by atoms with van der Waals surface area (Å²) >= 11 is 1.98. The smallest absolute Gasteiger partial charge is 0.303 e. The van der Waals surface area contributed by atoms with E-state index in [1.807, 2.05) is 17.8 Å². The van der Waals surface area contributed by atoms with Gasteiger partial charge in [-0.3, -0.25) is 4.79 Å². The number of carboxylic acids is 1. The number of thioether (sulfide) groups is 1. The second-order valence-corrected chi connectivity index (χ2v) is 5.55. The highest BCUT2D eigenvalue weighted by Crippen LogP contribution is 2.14. The Balaban J connectivity index is 1.86. The molecular weight excluding hydrogens is 244 g/mol. The van der Waals surface area contributed by atoms with Gasteiger partial charge in [-0.15, -0.1) is 0 Å². The van der Waals surface area contributed by atoms with Crippen molar-refractivity contribution in [1.29, 1.82) is 0 Å². The maximum absolute atomic E-state index is 10.3. The average Bonchev–Trinajstić information content (AvgIpc) is 2.37. The first-order valence-electron chi connectivity index (χ1n) is 6.62. The predicted octanol–water partition coefficient (Wildman–Crippen LogP) is 4.35. The lowest BCUT2D eigenvalue weighted by Crippen LogP contribution is -1.93. The molecule has 0 radical (unpaired) electrons. The fourth-order valence-electron chi connectivity index (χ4n) is 1.77. The van der Waals surface area contributed by atoms with E-state index in [-0.39, 0.29) is 0 Å². The summed E-state index contributed by atoms with van der Waals surface area (Å²) in [6.45, 7) is 0. The summed E-state index contributed by atoms with van der Waals surface area (Å²) in [6.07, 6.45) is 5.83. The van der Waals surface area contributed by atoms with Crippen LogP contribution in [-0.4, -0.2) is 16.8 Å². The van der Waals surface area contributed by atoms with Gasteiger partial charge in [0.2, 0.25) is 0 Å². The standard InChI is InChI=1S/C15H22O2S/c16-15(17)11-7-2-1-3-8-12-18-13-14-9-5-4-6-10-14/h4-6,9-10H,1-3,7-8,11-13H2,(H,16,17). The van der Waals surface area contributed by atoms with Gasteiger partial charge in [-0.05, 0) is 24.2 Å². The molecule has 1 N–H and O–H groups in total. The first-order chi connectivity index (χ1) is 8.79. The number of hydrogen-bond acceptors (Lipinski definition) is 2. The molecule has 1 rings (SSSR count). The average molecular weight is 266 g/mol. The molecule has 0 saturated heterocycles. The molecule has 0 spiro atoms. The molecule has 3 heteroatoms. The molecule has 0 aromatic heterocycles. The van der Waals surface area contributed by atoms with Crippen LogP contribution in [0.2, 0.25) is 0 Å². The third kappa shape index (κ3) is 8.18. The normalized spacial score (nSPS) is 10.4. The number of rotatable bonds is 10. The zero-order chi connectivity index (χ0) is 13.1. The van der Waals surface area contributed by atoms with Gasteiger partial charge in [0.1, 0.15) is 0 Å². The highest BCUT2D eigenvalue weighted by Gasteiger charge is 1.97. The van der Waals surface area contributed by atoms with Gasteiger partial charge in [0, 0.05) is 12.2 Å². The minimum atomic E-state index is -0.673. The molecular formula is C15H22O2S. The van der Waals surface area contributed by atoms with Crippen molar-refractivity contribution in [2.24, 2.45) is 0 Å². The lowest BCUT2D eigenvalue weighted by Gasteiger charge is -2.02. The van der Waals surface area contributed by atoms with Crippen LogP contribution < -0.4 is 0 Å². The first kappa shape index (κ1) is 15.1. The van der Waals surface area contributed by atoms with Crippen molar-refractivity contribution in [2.45, 2.75) is 44.3 Å². The SMILES string of the molecule is O=C(O)CCCCCCCSCc1ccccc1. The molecule has 2 nitrogen and oxygen atoms in total. The molecule has 0 unspecified atom stereocenters. The number of carboxylic acid groups (broad SMARTS) is 1. The minimum Gasteiger partial charge on any atom is -0.481 e. The Morgan fingerprint density at radius 1 is 1.00 bits per heavy atom. The lowest BCUT2D eigenvalue weighted by atomic mass is 10.1. The van der Waals surface area contributed by atoms with Gasteiger partial charge in [-0.2, -0.15) is 11.8 Å². The van der Waals surface area contributed by atoms with Gasteiger partial charge < -0.3 is 5.11 Å². The Kier molecular flexibility index (Phi) is 8.40. The fourth-order valence-corrected chi connectivity index (χ4v) is 2.76. The second kappa shape index (κ2) is 10.0. The summed E-state index contributed by atoms with van der Waals surface area (Å²) in [5.74, 6) is 1.63. The summed E-state index contributed by atoms with van der Waals surface area (Å²) < 4.78 is 0.